The van der Waals surface area contributed by atoms with Crippen LogP contribution in [0.25, 0.3) is 44.9 Å². The minimum Gasteiger partial charge on any atom is -0.256 e. The summed E-state index contributed by atoms with van der Waals surface area (Å²) < 4.78 is 9.35. The fourth-order valence-electron chi connectivity index (χ4n) is 14.0. The number of pyridine rings is 3. The van der Waals surface area contributed by atoms with Crippen LogP contribution in [0, 0.1) is 0 Å². The molecule has 28 aliphatic rings. The Labute approximate surface area is 486 Å². The summed E-state index contributed by atoms with van der Waals surface area (Å²) in [5.41, 5.74) is 24.9. The summed E-state index contributed by atoms with van der Waals surface area (Å²) in [5, 5.41) is 0. The molecule has 0 amide bonds. The Bertz CT molecular complexity index is 3600. The largest absolute Gasteiger partial charge is 0.256 e. The van der Waals surface area contributed by atoms with Gasteiger partial charge in [-0.1, -0.05) is 228 Å². The number of benzene rings is 6. The molecule has 0 saturated heterocycles. The zero-order valence-corrected chi connectivity index (χ0v) is 49.9. The second kappa shape index (κ2) is 21.3. The van der Waals surface area contributed by atoms with Gasteiger partial charge in [-0.2, -0.15) is 0 Å². The fraction of sp³-hybridized carbons (Fsp3) is 0.346. The van der Waals surface area contributed by atoms with Gasteiger partial charge >= 0.3 is 0 Å². The number of hydrogen-bond acceptors (Lipinski definition) is 3. The van der Waals surface area contributed by atoms with Gasteiger partial charge in [0.25, 0.3) is 0 Å². The first-order valence-electron chi connectivity index (χ1n) is 30.7. The van der Waals surface area contributed by atoms with Crippen LogP contribution in [-0.4, -0.2) is 15.0 Å². The maximum Gasteiger partial charge on any atom is 0.0708 e. The molecule has 1 saturated carbocycles. The van der Waals surface area contributed by atoms with E-state index in [1.165, 1.54) is 77.9 Å². The number of hydrogen-bond donors (Lipinski definition) is 0. The van der Waals surface area contributed by atoms with Gasteiger partial charge in [0, 0.05) is 36.7 Å². The summed E-state index contributed by atoms with van der Waals surface area (Å²) in [4.78, 5) is 15.6. The molecule has 0 radical (unpaired) electrons. The third-order valence-corrected chi connectivity index (χ3v) is 18.9. The second-order valence-electron chi connectivity index (χ2n) is 27.8. The van der Waals surface area contributed by atoms with Crippen molar-refractivity contribution in [3.05, 3.63) is 255 Å². The zero-order valence-electron chi connectivity index (χ0n) is 50.9. The Morgan fingerprint density at radius 2 is 0.667 bits per heavy atom. The Kier molecular flexibility index (Phi) is 13.9. The molecule has 410 valence electrons. The predicted octanol–water partition coefficient (Wildman–Crippen LogP) is 19.2. The topological polar surface area (TPSA) is 38.7 Å². The lowest BCUT2D eigenvalue weighted by Gasteiger charge is -2.30. The molecule has 3 aromatic heterocycles. The van der Waals surface area contributed by atoms with E-state index < -0.39 is 5.89 Å². The number of nitrogens with zero attached hydrogens (tertiary/aromatic N) is 3. The number of aromatic nitrogens is 3. The van der Waals surface area contributed by atoms with Crippen LogP contribution in [0.15, 0.2) is 182 Å². The van der Waals surface area contributed by atoms with Crippen molar-refractivity contribution < 1.29 is 1.37 Å². The summed E-state index contributed by atoms with van der Waals surface area (Å²) in [6.07, 6.45) is 16.7. The molecule has 1 fully saturated rings. The second-order valence-corrected chi connectivity index (χ2v) is 27.8. The van der Waals surface area contributed by atoms with Crippen LogP contribution in [0.5, 0.6) is 0 Å². The third kappa shape index (κ3) is 11.7. The van der Waals surface area contributed by atoms with Crippen LogP contribution in [0.2, 0.25) is 0 Å². The van der Waals surface area contributed by atoms with E-state index in [-0.39, 0.29) is 27.1 Å². The molecule has 6 aromatic carbocycles. The minimum absolute atomic E-state index is 0.123. The van der Waals surface area contributed by atoms with Gasteiger partial charge in [0.05, 0.1) is 17.1 Å². The fourth-order valence-corrected chi connectivity index (χ4v) is 14.0. The molecule has 3 heteroatoms. The Hall–Kier alpha value is -7.23. The molecule has 0 unspecified atom stereocenters. The number of aryl methyl sites for hydroxylation is 2. The molecule has 3 nitrogen and oxygen atoms in total. The van der Waals surface area contributed by atoms with E-state index in [1.54, 1.807) is 0 Å². The van der Waals surface area contributed by atoms with Gasteiger partial charge in [-0.3, -0.25) is 15.0 Å². The van der Waals surface area contributed by atoms with E-state index in [4.69, 9.17) is 15.0 Å². The molecule has 18 bridgehead atoms. The minimum atomic E-state index is -0.495. The summed E-state index contributed by atoms with van der Waals surface area (Å²) in [6, 6.07) is 63.0. The Morgan fingerprint density at radius 1 is 0.333 bits per heavy atom. The van der Waals surface area contributed by atoms with Crippen LogP contribution in [0.1, 0.15) is 175 Å². The molecule has 37 rings (SSSR count). The summed E-state index contributed by atoms with van der Waals surface area (Å²) >= 11 is 0. The zero-order chi connectivity index (χ0) is 57.2. The molecule has 21 heterocycles. The third-order valence-electron chi connectivity index (χ3n) is 18.9. The van der Waals surface area contributed by atoms with Gasteiger partial charge in [0.2, 0.25) is 0 Å². The molecule has 9 aromatic rings. The van der Waals surface area contributed by atoms with Gasteiger partial charge in [-0.15, -0.1) is 0 Å². The lowest BCUT2D eigenvalue weighted by atomic mass is 9.74. The standard InChI is InChI=1S/C78H83N3/c1-74(2)44-55-40-56-42-57(41-55)46-76(5,6)67-31-25-63(26-32-67)73-43-70(60-19-17-59(18-20-60)58-13-11-12-14-58)64(49-79-73)16-15-52-37-53(47-77(7,8)68-33-35-71(80-50-68)61-21-27-65(74)28-22-61)39-54(38-52)48-78(9,10)69-34-36-72(81-51-69)62-23-29-66(30-24-62)75(3,4)45-56/h17-43,49-51,58H,11-16,44-48H2,1-10H3/i58D. The van der Waals surface area contributed by atoms with Crippen molar-refractivity contribution in [1.29, 1.82) is 0 Å². The quantitative estimate of drug-likeness (QED) is 0.173. The molecular formula is C78H83N3. The van der Waals surface area contributed by atoms with Crippen molar-refractivity contribution in [2.24, 2.45) is 0 Å². The Balaban J connectivity index is 1.03. The van der Waals surface area contributed by atoms with E-state index in [0.29, 0.717) is 0 Å². The molecule has 0 spiro atoms. The van der Waals surface area contributed by atoms with E-state index in [2.05, 4.69) is 252 Å². The highest BCUT2D eigenvalue weighted by Gasteiger charge is 2.30. The monoisotopic (exact) mass is 1060 g/mol. The van der Waals surface area contributed by atoms with E-state index in [1.807, 2.05) is 0 Å². The summed E-state index contributed by atoms with van der Waals surface area (Å²) in [6.45, 7) is 23.9. The van der Waals surface area contributed by atoms with E-state index in [9.17, 15) is 1.37 Å². The van der Waals surface area contributed by atoms with Gasteiger partial charge < -0.3 is 0 Å². The molecule has 81 heavy (non-hydrogen) atoms. The van der Waals surface area contributed by atoms with Crippen LogP contribution in [0.3, 0.4) is 0 Å². The summed E-state index contributed by atoms with van der Waals surface area (Å²) in [5.74, 6) is -0.495. The predicted molar refractivity (Wildman–Crippen MR) is 340 cm³/mol. The SMILES string of the molecule is [2H]C1(c2ccc(-c3cc4ncc3CCc3cc5cc(c3)CC(C)(C)c3ccc(nc3)-c3ccc(cc3)C(C)(C)Cc3cc(cc(c3)CC(C)(C)c3ccc-4cc3)CC(C)(C)c3ccc(cc3)-c3ccc(cn3)C(C)(C)C5)cc2)CCCC1. The average Bonchev–Trinajstić information content (AvgIpc) is 4.01. The van der Waals surface area contributed by atoms with Crippen molar-refractivity contribution in [1.82, 2.24) is 15.0 Å². The smallest absolute Gasteiger partial charge is 0.0708 e. The molecule has 0 atom stereocenters. The van der Waals surface area contributed by atoms with Gasteiger partial charge in [0.15, 0.2) is 0 Å². The highest BCUT2D eigenvalue weighted by atomic mass is 14.7. The lowest BCUT2D eigenvalue weighted by molar-refractivity contribution is 0.507. The van der Waals surface area contributed by atoms with Gasteiger partial charge in [-0.05, 0) is 192 Å². The van der Waals surface area contributed by atoms with Crippen molar-refractivity contribution in [2.45, 2.75) is 173 Å². The normalized spacial score (nSPS) is 18.7. The van der Waals surface area contributed by atoms with Crippen LogP contribution in [-0.2, 0) is 72.0 Å². The van der Waals surface area contributed by atoms with Crippen molar-refractivity contribution >= 4 is 0 Å². The van der Waals surface area contributed by atoms with Gasteiger partial charge in [0.1, 0.15) is 0 Å². The molecule has 0 N–H and O–H groups in total. The van der Waals surface area contributed by atoms with Crippen molar-refractivity contribution in [3.63, 3.8) is 0 Å². The van der Waals surface area contributed by atoms with Crippen LogP contribution in [0.4, 0.5) is 0 Å². The van der Waals surface area contributed by atoms with E-state index >= 15 is 0 Å². The highest BCUT2D eigenvalue weighted by molar-refractivity contribution is 5.74. The number of rotatable bonds is 2. The average molecular weight is 1060 g/mol. The Morgan fingerprint density at radius 3 is 1.05 bits per heavy atom. The first-order valence-corrected chi connectivity index (χ1v) is 30.2. The molecule has 10 aliphatic carbocycles. The summed E-state index contributed by atoms with van der Waals surface area (Å²) in [7, 11) is 0. The molecular weight excluding hydrogens is 979 g/mol. The van der Waals surface area contributed by atoms with E-state index in [0.717, 1.165) is 110 Å². The van der Waals surface area contributed by atoms with Crippen LogP contribution < -0.4 is 0 Å². The molecule has 18 aliphatic heterocycles. The first kappa shape index (κ1) is 53.1. The lowest BCUT2D eigenvalue weighted by Crippen LogP contribution is -2.24. The van der Waals surface area contributed by atoms with Crippen molar-refractivity contribution in [3.8, 4) is 44.9 Å². The maximum absolute atomic E-state index is 9.35. The van der Waals surface area contributed by atoms with Gasteiger partial charge in [-0.25, -0.2) is 0 Å². The van der Waals surface area contributed by atoms with Crippen LogP contribution >= 0.6 is 0 Å². The maximum atomic E-state index is 9.35. The first-order chi connectivity index (χ1) is 39.1. The van der Waals surface area contributed by atoms with Crippen molar-refractivity contribution in [2.75, 3.05) is 0 Å². The highest BCUT2D eigenvalue weighted by Crippen LogP contribution is 2.40.